The van der Waals surface area contributed by atoms with Crippen molar-refractivity contribution in [2.75, 3.05) is 0 Å². The van der Waals surface area contributed by atoms with E-state index < -0.39 is 0 Å². The third-order valence-corrected chi connectivity index (χ3v) is 5.25. The minimum Gasteiger partial charge on any atom is -0.325 e. The molecule has 0 aliphatic heterocycles. The third-order valence-electron chi connectivity index (χ3n) is 5.25. The predicted molar refractivity (Wildman–Crippen MR) is 74.8 cm³/mol. The van der Waals surface area contributed by atoms with Crippen molar-refractivity contribution in [2.45, 2.75) is 71.8 Å². The highest BCUT2D eigenvalue weighted by molar-refractivity contribution is 4.99. The maximum absolute atomic E-state index is 6.84. The van der Waals surface area contributed by atoms with Crippen LogP contribution < -0.4 is 5.73 Å². The van der Waals surface area contributed by atoms with Gasteiger partial charge in [-0.25, -0.2) is 0 Å². The van der Waals surface area contributed by atoms with Gasteiger partial charge in [-0.1, -0.05) is 27.7 Å². The molecule has 0 heterocycles. The van der Waals surface area contributed by atoms with Crippen LogP contribution in [0.1, 0.15) is 66.2 Å². The first-order valence-electron chi connectivity index (χ1n) is 7.68. The van der Waals surface area contributed by atoms with E-state index in [2.05, 4.69) is 27.7 Å². The molecular formula is C16H31N. The minimum absolute atomic E-state index is 0.153. The van der Waals surface area contributed by atoms with E-state index in [0.29, 0.717) is 0 Å². The van der Waals surface area contributed by atoms with Crippen LogP contribution in [-0.2, 0) is 0 Å². The lowest BCUT2D eigenvalue weighted by Crippen LogP contribution is -2.53. The SMILES string of the molecule is CC1CC(C)CC(C2(N)CC(C)CC(C)C2)C1. The molecule has 100 valence electrons. The van der Waals surface area contributed by atoms with Crippen molar-refractivity contribution in [3.8, 4) is 0 Å². The lowest BCUT2D eigenvalue weighted by atomic mass is 9.60. The topological polar surface area (TPSA) is 26.0 Å². The quantitative estimate of drug-likeness (QED) is 0.726. The fourth-order valence-electron chi connectivity index (χ4n) is 4.98. The molecule has 0 saturated heterocycles. The highest BCUT2D eigenvalue weighted by atomic mass is 14.8. The second-order valence-electron chi connectivity index (χ2n) is 7.70. The lowest BCUT2D eigenvalue weighted by Gasteiger charge is -2.49. The van der Waals surface area contributed by atoms with E-state index in [9.17, 15) is 0 Å². The molecule has 0 aromatic heterocycles. The third kappa shape index (κ3) is 3.05. The van der Waals surface area contributed by atoms with Crippen molar-refractivity contribution in [1.82, 2.24) is 0 Å². The summed E-state index contributed by atoms with van der Waals surface area (Å²) >= 11 is 0. The first-order chi connectivity index (χ1) is 7.89. The van der Waals surface area contributed by atoms with Gasteiger partial charge in [-0.3, -0.25) is 0 Å². The van der Waals surface area contributed by atoms with Crippen molar-refractivity contribution < 1.29 is 0 Å². The van der Waals surface area contributed by atoms with Crippen molar-refractivity contribution in [3.63, 3.8) is 0 Å². The summed E-state index contributed by atoms with van der Waals surface area (Å²) in [6, 6.07) is 0. The van der Waals surface area contributed by atoms with E-state index in [1.165, 1.54) is 38.5 Å². The fraction of sp³-hybridized carbons (Fsp3) is 1.00. The van der Waals surface area contributed by atoms with Crippen LogP contribution in [0.25, 0.3) is 0 Å². The monoisotopic (exact) mass is 237 g/mol. The first-order valence-corrected chi connectivity index (χ1v) is 7.68. The zero-order valence-corrected chi connectivity index (χ0v) is 12.2. The molecule has 2 aliphatic rings. The summed E-state index contributed by atoms with van der Waals surface area (Å²) in [5.41, 5.74) is 6.99. The summed E-state index contributed by atoms with van der Waals surface area (Å²) in [7, 11) is 0. The van der Waals surface area contributed by atoms with Gasteiger partial charge in [0.15, 0.2) is 0 Å². The van der Waals surface area contributed by atoms with E-state index in [1.54, 1.807) is 0 Å². The molecule has 0 aromatic carbocycles. The molecule has 2 N–H and O–H groups in total. The van der Waals surface area contributed by atoms with Gasteiger partial charge in [-0.05, 0) is 68.1 Å². The van der Waals surface area contributed by atoms with Gasteiger partial charge in [-0.15, -0.1) is 0 Å². The van der Waals surface area contributed by atoms with Crippen LogP contribution in [0.2, 0.25) is 0 Å². The van der Waals surface area contributed by atoms with Gasteiger partial charge >= 0.3 is 0 Å². The molecule has 1 heteroatoms. The fourth-order valence-corrected chi connectivity index (χ4v) is 4.98. The van der Waals surface area contributed by atoms with E-state index >= 15 is 0 Å². The van der Waals surface area contributed by atoms with Crippen LogP contribution in [0.15, 0.2) is 0 Å². The number of rotatable bonds is 1. The van der Waals surface area contributed by atoms with E-state index in [-0.39, 0.29) is 5.54 Å². The average molecular weight is 237 g/mol. The predicted octanol–water partition coefficient (Wildman–Crippen LogP) is 4.21. The molecule has 0 radical (unpaired) electrons. The zero-order valence-electron chi connectivity index (χ0n) is 12.2. The molecule has 2 saturated carbocycles. The van der Waals surface area contributed by atoms with Crippen LogP contribution in [0.5, 0.6) is 0 Å². The molecule has 2 fully saturated rings. The highest BCUT2D eigenvalue weighted by Gasteiger charge is 2.43. The van der Waals surface area contributed by atoms with Crippen molar-refractivity contribution in [3.05, 3.63) is 0 Å². The maximum Gasteiger partial charge on any atom is 0.0188 e. The van der Waals surface area contributed by atoms with Crippen LogP contribution in [0.4, 0.5) is 0 Å². The summed E-state index contributed by atoms with van der Waals surface area (Å²) in [5.74, 6) is 4.22. The van der Waals surface area contributed by atoms with Crippen molar-refractivity contribution in [2.24, 2.45) is 35.3 Å². The number of hydrogen-bond acceptors (Lipinski definition) is 1. The molecule has 4 atom stereocenters. The Hall–Kier alpha value is -0.0400. The Morgan fingerprint density at radius 3 is 1.59 bits per heavy atom. The molecule has 0 bridgehead atoms. The van der Waals surface area contributed by atoms with E-state index in [4.69, 9.17) is 5.73 Å². The smallest absolute Gasteiger partial charge is 0.0188 e. The Labute approximate surface area is 108 Å². The highest BCUT2D eigenvalue weighted by Crippen LogP contribution is 2.46. The van der Waals surface area contributed by atoms with Gasteiger partial charge in [0.25, 0.3) is 0 Å². The zero-order chi connectivity index (χ0) is 12.6. The Bertz CT molecular complexity index is 240. The van der Waals surface area contributed by atoms with Gasteiger partial charge in [0.1, 0.15) is 0 Å². The Morgan fingerprint density at radius 2 is 1.12 bits per heavy atom. The minimum atomic E-state index is 0.153. The molecule has 0 amide bonds. The Morgan fingerprint density at radius 1 is 0.706 bits per heavy atom. The molecule has 1 nitrogen and oxygen atoms in total. The van der Waals surface area contributed by atoms with Crippen LogP contribution in [0, 0.1) is 29.6 Å². The summed E-state index contributed by atoms with van der Waals surface area (Å²) in [6.45, 7) is 9.63. The average Bonchev–Trinajstić information content (AvgIpc) is 2.13. The van der Waals surface area contributed by atoms with E-state index in [1.807, 2.05) is 0 Å². The van der Waals surface area contributed by atoms with Gasteiger partial charge in [-0.2, -0.15) is 0 Å². The van der Waals surface area contributed by atoms with Crippen LogP contribution in [-0.4, -0.2) is 5.54 Å². The van der Waals surface area contributed by atoms with Crippen LogP contribution >= 0.6 is 0 Å². The van der Waals surface area contributed by atoms with Gasteiger partial charge in [0.05, 0.1) is 0 Å². The molecule has 2 aliphatic carbocycles. The molecule has 2 rings (SSSR count). The van der Waals surface area contributed by atoms with Crippen molar-refractivity contribution in [1.29, 1.82) is 0 Å². The largest absolute Gasteiger partial charge is 0.325 e. The summed E-state index contributed by atoms with van der Waals surface area (Å²) in [4.78, 5) is 0. The molecule has 4 unspecified atom stereocenters. The summed E-state index contributed by atoms with van der Waals surface area (Å²) < 4.78 is 0. The molecule has 17 heavy (non-hydrogen) atoms. The van der Waals surface area contributed by atoms with E-state index in [0.717, 1.165) is 29.6 Å². The maximum atomic E-state index is 6.84. The molecule has 0 spiro atoms. The van der Waals surface area contributed by atoms with Gasteiger partial charge in [0.2, 0.25) is 0 Å². The second-order valence-corrected chi connectivity index (χ2v) is 7.70. The van der Waals surface area contributed by atoms with Gasteiger partial charge < -0.3 is 5.73 Å². The summed E-state index contributed by atoms with van der Waals surface area (Å²) in [6.07, 6.45) is 8.08. The summed E-state index contributed by atoms with van der Waals surface area (Å²) in [5, 5.41) is 0. The number of nitrogens with two attached hydrogens (primary N) is 1. The number of hydrogen-bond donors (Lipinski definition) is 1. The second kappa shape index (κ2) is 4.91. The normalized spacial score (nSPS) is 52.4. The first kappa shape index (κ1) is 13.4. The molecule has 0 aromatic rings. The van der Waals surface area contributed by atoms with Crippen LogP contribution in [0.3, 0.4) is 0 Å². The Balaban J connectivity index is 2.08. The lowest BCUT2D eigenvalue weighted by molar-refractivity contribution is 0.0676. The van der Waals surface area contributed by atoms with Crippen molar-refractivity contribution >= 4 is 0 Å². The standard InChI is InChI=1S/C16H31N/c1-11-5-12(2)8-15(7-11)16(17)9-13(3)6-14(4)10-16/h11-15H,5-10,17H2,1-4H3. The molecular weight excluding hydrogens is 206 g/mol. The Kier molecular flexibility index (Phi) is 3.87. The van der Waals surface area contributed by atoms with Gasteiger partial charge in [0, 0.05) is 5.54 Å².